The molecule has 1 aliphatic rings. The minimum atomic E-state index is -0.109. The summed E-state index contributed by atoms with van der Waals surface area (Å²) >= 11 is 0. The van der Waals surface area contributed by atoms with E-state index in [2.05, 4.69) is 32.3 Å². The molecule has 0 radical (unpaired) electrons. The molecule has 1 saturated heterocycles. The van der Waals surface area contributed by atoms with E-state index in [0.717, 1.165) is 19.5 Å². The van der Waals surface area contributed by atoms with Crippen LogP contribution in [0.15, 0.2) is 59.4 Å². The number of carbonyl (C=O) groups is 1. The molecule has 2 heterocycles. The number of hydrogen-bond acceptors (Lipinski definition) is 4. The first-order valence-electron chi connectivity index (χ1n) is 9.96. The Labute approximate surface area is 169 Å². The summed E-state index contributed by atoms with van der Waals surface area (Å²) in [5, 5.41) is 3.61. The molecule has 2 aromatic carbocycles. The maximum Gasteiger partial charge on any atom is 0.317 e. The third-order valence-corrected chi connectivity index (χ3v) is 5.23. The Morgan fingerprint density at radius 3 is 2.52 bits per heavy atom. The van der Waals surface area contributed by atoms with Crippen LogP contribution in [0.5, 0.6) is 0 Å². The summed E-state index contributed by atoms with van der Waals surface area (Å²) in [6.45, 7) is 4.03. The van der Waals surface area contributed by atoms with E-state index in [9.17, 15) is 9.59 Å². The Hall–Kier alpha value is -3.19. The van der Waals surface area contributed by atoms with Crippen molar-refractivity contribution in [1.82, 2.24) is 25.1 Å². The Kier molecular flexibility index (Phi) is 5.86. The first-order valence-corrected chi connectivity index (χ1v) is 9.96. The van der Waals surface area contributed by atoms with Crippen molar-refractivity contribution >= 4 is 16.9 Å². The summed E-state index contributed by atoms with van der Waals surface area (Å²) in [6, 6.07) is 17.5. The van der Waals surface area contributed by atoms with Gasteiger partial charge in [-0.25, -0.2) is 9.78 Å². The van der Waals surface area contributed by atoms with Crippen LogP contribution < -0.4 is 10.9 Å². The molecule has 29 heavy (non-hydrogen) atoms. The van der Waals surface area contributed by atoms with Crippen LogP contribution in [-0.2, 0) is 13.0 Å². The lowest BCUT2D eigenvalue weighted by Crippen LogP contribution is -2.51. The predicted molar refractivity (Wildman–Crippen MR) is 113 cm³/mol. The highest BCUT2D eigenvalue weighted by Gasteiger charge is 2.21. The summed E-state index contributed by atoms with van der Waals surface area (Å²) in [5.41, 5.74) is 1.82. The molecule has 0 atom stereocenters. The first kappa shape index (κ1) is 19.1. The zero-order valence-electron chi connectivity index (χ0n) is 16.3. The lowest BCUT2D eigenvalue weighted by atomic mass is 10.1. The molecule has 0 aliphatic carbocycles. The summed E-state index contributed by atoms with van der Waals surface area (Å²) in [4.78, 5) is 36.1. The van der Waals surface area contributed by atoms with E-state index in [-0.39, 0.29) is 11.6 Å². The van der Waals surface area contributed by atoms with Crippen LogP contribution in [0.4, 0.5) is 4.79 Å². The van der Waals surface area contributed by atoms with Crippen molar-refractivity contribution < 1.29 is 4.79 Å². The summed E-state index contributed by atoms with van der Waals surface area (Å²) < 4.78 is 0. The zero-order valence-corrected chi connectivity index (χ0v) is 16.3. The monoisotopic (exact) mass is 391 g/mol. The third-order valence-electron chi connectivity index (χ3n) is 5.23. The quantitative estimate of drug-likeness (QED) is 0.697. The number of urea groups is 1. The lowest BCUT2D eigenvalue weighted by molar-refractivity contribution is 0.133. The van der Waals surface area contributed by atoms with Crippen molar-refractivity contribution in [2.75, 3.05) is 32.7 Å². The predicted octanol–water partition coefficient (Wildman–Crippen LogP) is 1.99. The van der Waals surface area contributed by atoms with Crippen LogP contribution in [0.3, 0.4) is 0 Å². The molecule has 0 saturated carbocycles. The van der Waals surface area contributed by atoms with Gasteiger partial charge < -0.3 is 15.2 Å². The molecule has 7 heteroatoms. The van der Waals surface area contributed by atoms with Crippen LogP contribution in [0.2, 0.25) is 0 Å². The van der Waals surface area contributed by atoms with Gasteiger partial charge in [-0.2, -0.15) is 0 Å². The molecular formula is C22H25N5O2. The van der Waals surface area contributed by atoms with Gasteiger partial charge in [0.05, 0.1) is 17.4 Å². The second-order valence-corrected chi connectivity index (χ2v) is 7.26. The summed E-state index contributed by atoms with van der Waals surface area (Å²) in [6.07, 6.45) is 0.827. The molecular weight excluding hydrogens is 366 g/mol. The fourth-order valence-electron chi connectivity index (χ4n) is 3.60. The molecule has 0 spiro atoms. The van der Waals surface area contributed by atoms with Crippen LogP contribution in [0.1, 0.15) is 11.4 Å². The van der Waals surface area contributed by atoms with E-state index < -0.39 is 0 Å². The Balaban J connectivity index is 1.26. The molecule has 1 fully saturated rings. The normalized spacial score (nSPS) is 14.8. The number of hydrogen-bond donors (Lipinski definition) is 2. The average molecular weight is 391 g/mol. The molecule has 0 bridgehead atoms. The maximum absolute atomic E-state index is 12.4. The number of benzene rings is 2. The van der Waals surface area contributed by atoms with Crippen molar-refractivity contribution in [3.05, 3.63) is 76.3 Å². The van der Waals surface area contributed by atoms with E-state index >= 15 is 0 Å². The van der Waals surface area contributed by atoms with Crippen molar-refractivity contribution in [3.8, 4) is 0 Å². The lowest BCUT2D eigenvalue weighted by Gasteiger charge is -2.34. The summed E-state index contributed by atoms with van der Waals surface area (Å²) in [5.74, 6) is 0.662. The largest absolute Gasteiger partial charge is 0.338 e. The van der Waals surface area contributed by atoms with Gasteiger partial charge in [-0.1, -0.05) is 42.5 Å². The summed E-state index contributed by atoms with van der Waals surface area (Å²) in [7, 11) is 0. The Bertz CT molecular complexity index is 1030. The minimum Gasteiger partial charge on any atom is -0.338 e. The van der Waals surface area contributed by atoms with Gasteiger partial charge in [-0.05, 0) is 24.1 Å². The second kappa shape index (κ2) is 8.87. The van der Waals surface area contributed by atoms with E-state index in [0.29, 0.717) is 42.9 Å². The van der Waals surface area contributed by atoms with Gasteiger partial charge in [0.1, 0.15) is 5.82 Å². The topological polar surface area (TPSA) is 81.3 Å². The molecule has 3 aromatic rings. The van der Waals surface area contributed by atoms with Crippen LogP contribution in [0, 0.1) is 0 Å². The zero-order chi connectivity index (χ0) is 20.1. The first-order chi connectivity index (χ1) is 14.2. The number of nitrogens with zero attached hydrogens (tertiary/aromatic N) is 3. The number of nitrogens with one attached hydrogen (secondary N) is 2. The van der Waals surface area contributed by atoms with Gasteiger partial charge in [0.15, 0.2) is 0 Å². The number of piperazine rings is 1. The average Bonchev–Trinajstić information content (AvgIpc) is 2.75. The fraction of sp³-hybridized carbons (Fsp3) is 0.318. The molecule has 0 unspecified atom stereocenters. The van der Waals surface area contributed by atoms with Gasteiger partial charge in [0.2, 0.25) is 0 Å². The molecule has 7 nitrogen and oxygen atoms in total. The van der Waals surface area contributed by atoms with Gasteiger partial charge in [0.25, 0.3) is 5.56 Å². The van der Waals surface area contributed by atoms with Crippen LogP contribution >= 0.6 is 0 Å². The standard InChI is InChI=1S/C22H25N5O2/c28-21-18-8-4-5-9-19(18)24-20(25-21)16-26-12-14-27(15-13-26)22(29)23-11-10-17-6-2-1-3-7-17/h1-9H,10-16H2,(H,23,29)(H,24,25,28). The SMILES string of the molecule is O=C(NCCc1ccccc1)N1CCN(Cc2nc3ccccc3c(=O)[nH]2)CC1. The van der Waals surface area contributed by atoms with Crippen LogP contribution in [-0.4, -0.2) is 58.5 Å². The highest BCUT2D eigenvalue weighted by molar-refractivity contribution is 5.77. The smallest absolute Gasteiger partial charge is 0.317 e. The van der Waals surface area contributed by atoms with E-state index in [1.165, 1.54) is 5.56 Å². The second-order valence-electron chi connectivity index (χ2n) is 7.26. The number of rotatable bonds is 5. The molecule has 150 valence electrons. The van der Waals surface area contributed by atoms with Gasteiger partial charge in [-0.3, -0.25) is 9.69 Å². The molecule has 1 aromatic heterocycles. The molecule has 2 N–H and O–H groups in total. The Morgan fingerprint density at radius 2 is 1.72 bits per heavy atom. The third kappa shape index (κ3) is 4.81. The van der Waals surface area contributed by atoms with E-state index in [4.69, 9.17) is 0 Å². The number of amides is 2. The van der Waals surface area contributed by atoms with Gasteiger partial charge in [0, 0.05) is 32.7 Å². The van der Waals surface area contributed by atoms with Gasteiger partial charge in [-0.15, -0.1) is 0 Å². The minimum absolute atomic E-state index is 0.0159. The highest BCUT2D eigenvalue weighted by Crippen LogP contribution is 2.09. The van der Waals surface area contributed by atoms with E-state index in [1.807, 2.05) is 41.3 Å². The fourth-order valence-corrected chi connectivity index (χ4v) is 3.60. The number of fused-ring (bicyclic) bond motifs is 1. The molecule has 2 amide bonds. The Morgan fingerprint density at radius 1 is 1.00 bits per heavy atom. The number of H-pyrrole nitrogens is 1. The highest BCUT2D eigenvalue weighted by atomic mass is 16.2. The maximum atomic E-state index is 12.4. The number of aromatic nitrogens is 2. The van der Waals surface area contributed by atoms with Crippen LogP contribution in [0.25, 0.3) is 10.9 Å². The number of aromatic amines is 1. The molecule has 1 aliphatic heterocycles. The van der Waals surface area contributed by atoms with Crippen molar-refractivity contribution in [2.24, 2.45) is 0 Å². The van der Waals surface area contributed by atoms with Crippen molar-refractivity contribution in [3.63, 3.8) is 0 Å². The van der Waals surface area contributed by atoms with E-state index in [1.54, 1.807) is 6.07 Å². The van der Waals surface area contributed by atoms with Crippen molar-refractivity contribution in [2.45, 2.75) is 13.0 Å². The molecule has 4 rings (SSSR count). The van der Waals surface area contributed by atoms with Crippen molar-refractivity contribution in [1.29, 1.82) is 0 Å². The number of para-hydroxylation sites is 1. The number of carbonyl (C=O) groups excluding carboxylic acids is 1. The van der Waals surface area contributed by atoms with Gasteiger partial charge >= 0.3 is 6.03 Å².